The van der Waals surface area contributed by atoms with Crippen LogP contribution in [0.1, 0.15) is 6.42 Å². The number of hydrogen-bond donors (Lipinski definition) is 1. The molecule has 1 aliphatic rings. The fourth-order valence-corrected chi connectivity index (χ4v) is 3.98. The minimum atomic E-state index is -0.348. The summed E-state index contributed by atoms with van der Waals surface area (Å²) in [6.45, 7) is 0.413. The Morgan fingerprint density at radius 2 is 1.77 bits per heavy atom. The lowest BCUT2D eigenvalue weighted by Gasteiger charge is -2.17. The maximum absolute atomic E-state index is 12.8. The summed E-state index contributed by atoms with van der Waals surface area (Å²) in [5, 5.41) is 5.04. The Morgan fingerprint density at radius 1 is 1.00 bits per heavy atom. The predicted octanol–water partition coefficient (Wildman–Crippen LogP) is 4.41. The summed E-state index contributed by atoms with van der Waals surface area (Å²) in [5.74, 6) is -0.470. The number of rotatable bonds is 4. The molecule has 1 N–H and O–H groups in total. The van der Waals surface area contributed by atoms with Crippen molar-refractivity contribution in [1.29, 1.82) is 0 Å². The molecule has 2 amide bonds. The van der Waals surface area contributed by atoms with Crippen LogP contribution in [0.5, 0.6) is 0 Å². The zero-order chi connectivity index (χ0) is 17.9. The molecule has 1 saturated heterocycles. The molecule has 1 fully saturated rings. The average Bonchev–Trinajstić information content (AvgIpc) is 3.33. The van der Waals surface area contributed by atoms with Gasteiger partial charge in [0.25, 0.3) is 0 Å². The van der Waals surface area contributed by atoms with Gasteiger partial charge in [0, 0.05) is 34.8 Å². The fraction of sp³-hybridized carbons (Fsp3) is 0.143. The number of hydrogen-bond acceptors (Lipinski definition) is 3. The van der Waals surface area contributed by atoms with Gasteiger partial charge in [-0.2, -0.15) is 0 Å². The van der Waals surface area contributed by atoms with E-state index < -0.39 is 0 Å². The first-order valence-corrected chi connectivity index (χ1v) is 9.39. The van der Waals surface area contributed by atoms with Gasteiger partial charge in [0.15, 0.2) is 0 Å². The van der Waals surface area contributed by atoms with Crippen molar-refractivity contribution in [3.8, 4) is 10.4 Å². The van der Waals surface area contributed by atoms with Gasteiger partial charge in [0.2, 0.25) is 11.8 Å². The van der Waals surface area contributed by atoms with Crippen molar-refractivity contribution < 1.29 is 9.59 Å². The van der Waals surface area contributed by atoms with E-state index in [0.29, 0.717) is 6.54 Å². The number of nitrogens with zero attached hydrogens (tertiary/aromatic N) is 1. The Hall–Kier alpha value is -2.92. The van der Waals surface area contributed by atoms with E-state index in [1.54, 1.807) is 16.2 Å². The number of amides is 2. The predicted molar refractivity (Wildman–Crippen MR) is 105 cm³/mol. The highest BCUT2D eigenvalue weighted by molar-refractivity contribution is 7.13. The molecular weight excluding hydrogens is 344 g/mol. The van der Waals surface area contributed by atoms with Crippen LogP contribution in [-0.4, -0.2) is 18.4 Å². The van der Waals surface area contributed by atoms with Gasteiger partial charge in [-0.3, -0.25) is 9.59 Å². The van der Waals surface area contributed by atoms with Crippen LogP contribution in [-0.2, 0) is 9.59 Å². The number of nitrogens with one attached hydrogen (secondary N) is 1. The molecular formula is C21H18N2O2S. The summed E-state index contributed by atoms with van der Waals surface area (Å²) in [6.07, 6.45) is 0.238. The summed E-state index contributed by atoms with van der Waals surface area (Å²) >= 11 is 1.63. The van der Waals surface area contributed by atoms with E-state index in [0.717, 1.165) is 21.8 Å². The number of benzene rings is 2. The smallest absolute Gasteiger partial charge is 0.229 e. The molecule has 3 aromatic rings. The third-order valence-corrected chi connectivity index (χ3v) is 5.44. The van der Waals surface area contributed by atoms with Gasteiger partial charge in [-0.25, -0.2) is 0 Å². The van der Waals surface area contributed by atoms with Crippen molar-refractivity contribution in [2.75, 3.05) is 16.8 Å². The number of anilines is 2. The third kappa shape index (κ3) is 3.26. The SMILES string of the molecule is O=C(Nc1ccccc1-c1cccs1)[C@@H]1CC(=O)N(c2ccccc2)C1. The van der Waals surface area contributed by atoms with Crippen molar-refractivity contribution in [1.82, 2.24) is 0 Å². The topological polar surface area (TPSA) is 49.4 Å². The van der Waals surface area contributed by atoms with Crippen LogP contribution in [0.4, 0.5) is 11.4 Å². The summed E-state index contributed by atoms with van der Waals surface area (Å²) in [4.78, 5) is 27.9. The highest BCUT2D eigenvalue weighted by Gasteiger charge is 2.35. The molecule has 0 unspecified atom stereocenters. The Labute approximate surface area is 156 Å². The molecule has 0 aliphatic carbocycles. The summed E-state index contributed by atoms with van der Waals surface area (Å²) < 4.78 is 0. The van der Waals surface area contributed by atoms with Crippen LogP contribution in [0.25, 0.3) is 10.4 Å². The number of thiophene rings is 1. The molecule has 1 atom stereocenters. The second kappa shape index (κ2) is 7.14. The number of carbonyl (C=O) groups excluding carboxylic acids is 2. The number of para-hydroxylation sites is 2. The molecule has 2 heterocycles. The van der Waals surface area contributed by atoms with Gasteiger partial charge >= 0.3 is 0 Å². The molecule has 0 spiro atoms. The molecule has 26 heavy (non-hydrogen) atoms. The van der Waals surface area contributed by atoms with Gasteiger partial charge in [0.1, 0.15) is 0 Å². The van der Waals surface area contributed by atoms with Crippen LogP contribution in [0.15, 0.2) is 72.1 Å². The van der Waals surface area contributed by atoms with Gasteiger partial charge in [-0.15, -0.1) is 11.3 Å². The quantitative estimate of drug-likeness (QED) is 0.747. The molecule has 2 aromatic carbocycles. The van der Waals surface area contributed by atoms with Crippen LogP contribution < -0.4 is 10.2 Å². The molecule has 130 valence electrons. The van der Waals surface area contributed by atoms with E-state index >= 15 is 0 Å². The highest BCUT2D eigenvalue weighted by atomic mass is 32.1. The Bertz CT molecular complexity index is 922. The molecule has 0 radical (unpaired) electrons. The minimum absolute atomic E-state index is 0.0112. The lowest BCUT2D eigenvalue weighted by molar-refractivity contribution is -0.122. The maximum atomic E-state index is 12.8. The van der Waals surface area contributed by atoms with Gasteiger partial charge < -0.3 is 10.2 Å². The minimum Gasteiger partial charge on any atom is -0.325 e. The number of carbonyl (C=O) groups is 2. The van der Waals surface area contributed by atoms with E-state index in [1.165, 1.54) is 0 Å². The van der Waals surface area contributed by atoms with E-state index in [-0.39, 0.29) is 24.2 Å². The highest BCUT2D eigenvalue weighted by Crippen LogP contribution is 2.32. The zero-order valence-electron chi connectivity index (χ0n) is 14.1. The Kier molecular flexibility index (Phi) is 4.54. The largest absolute Gasteiger partial charge is 0.325 e. The lowest BCUT2D eigenvalue weighted by atomic mass is 10.1. The van der Waals surface area contributed by atoms with Crippen molar-refractivity contribution in [2.45, 2.75) is 6.42 Å². The van der Waals surface area contributed by atoms with Crippen molar-refractivity contribution in [2.24, 2.45) is 5.92 Å². The first-order valence-electron chi connectivity index (χ1n) is 8.51. The van der Waals surface area contributed by atoms with Crippen LogP contribution >= 0.6 is 11.3 Å². The lowest BCUT2D eigenvalue weighted by Crippen LogP contribution is -2.28. The summed E-state index contributed by atoms with van der Waals surface area (Å²) in [6, 6.07) is 21.3. The van der Waals surface area contributed by atoms with E-state index in [9.17, 15) is 9.59 Å². The fourth-order valence-electron chi connectivity index (χ4n) is 3.21. The van der Waals surface area contributed by atoms with Crippen molar-refractivity contribution in [3.05, 3.63) is 72.1 Å². The second-order valence-electron chi connectivity index (χ2n) is 6.25. The molecule has 4 rings (SSSR count). The Balaban J connectivity index is 1.51. The molecule has 4 nitrogen and oxygen atoms in total. The van der Waals surface area contributed by atoms with Crippen molar-refractivity contribution >= 4 is 34.5 Å². The van der Waals surface area contributed by atoms with Gasteiger partial charge in [0.05, 0.1) is 5.92 Å². The van der Waals surface area contributed by atoms with Crippen molar-refractivity contribution in [3.63, 3.8) is 0 Å². The zero-order valence-corrected chi connectivity index (χ0v) is 14.9. The van der Waals surface area contributed by atoms with E-state index in [4.69, 9.17) is 0 Å². The van der Waals surface area contributed by atoms with Crippen LogP contribution in [0.3, 0.4) is 0 Å². The summed E-state index contributed by atoms with van der Waals surface area (Å²) in [7, 11) is 0. The van der Waals surface area contributed by atoms with Gasteiger partial charge in [-0.1, -0.05) is 42.5 Å². The van der Waals surface area contributed by atoms with E-state index in [2.05, 4.69) is 5.32 Å². The Morgan fingerprint density at radius 3 is 2.54 bits per heavy atom. The second-order valence-corrected chi connectivity index (χ2v) is 7.20. The normalized spacial score (nSPS) is 16.7. The average molecular weight is 362 g/mol. The monoisotopic (exact) mass is 362 g/mol. The molecule has 0 saturated carbocycles. The molecule has 5 heteroatoms. The molecule has 0 bridgehead atoms. The maximum Gasteiger partial charge on any atom is 0.229 e. The van der Waals surface area contributed by atoms with Crippen LogP contribution in [0.2, 0.25) is 0 Å². The standard InChI is InChI=1S/C21H18N2O2S/c24-20-13-15(14-23(20)16-7-2-1-3-8-16)21(25)22-18-10-5-4-9-17(18)19-11-6-12-26-19/h1-12,15H,13-14H2,(H,22,25)/t15-/m1/s1. The van der Waals surface area contributed by atoms with Gasteiger partial charge in [-0.05, 0) is 29.6 Å². The summed E-state index contributed by atoms with van der Waals surface area (Å²) in [5.41, 5.74) is 2.62. The molecule has 1 aliphatic heterocycles. The molecule has 1 aromatic heterocycles. The first-order chi connectivity index (χ1) is 12.7. The first kappa shape index (κ1) is 16.5. The van der Waals surface area contributed by atoms with Crippen LogP contribution in [0, 0.1) is 5.92 Å². The third-order valence-electron chi connectivity index (χ3n) is 4.54. The van der Waals surface area contributed by atoms with E-state index in [1.807, 2.05) is 72.1 Å².